The smallest absolute Gasteiger partial charge is 0.270 e. The highest BCUT2D eigenvalue weighted by atomic mass is 32.2. The fourth-order valence-corrected chi connectivity index (χ4v) is 4.28. The Morgan fingerprint density at radius 2 is 1.71 bits per heavy atom. The number of amides is 1. The lowest BCUT2D eigenvalue weighted by atomic mass is 10.2. The standard InChI is InChI=1S/C23H23N5O6S/c1-31-16-8-6-5-7-15(16)28-22(30)14-11-24-27-21(14)26-23(28)35-12-19(29)25-13-9-17(32-2)20(34-4)18(10-13)33-3/h5-11H,12H2,1-4H3,(H,24,27)(H,25,29). The number of nitrogens with zero attached hydrogens (tertiary/aromatic N) is 3. The number of aromatic nitrogens is 4. The molecule has 0 saturated carbocycles. The average molecular weight is 498 g/mol. The summed E-state index contributed by atoms with van der Waals surface area (Å²) in [6.07, 6.45) is 1.42. The van der Waals surface area contributed by atoms with Crippen molar-refractivity contribution >= 4 is 34.4 Å². The van der Waals surface area contributed by atoms with Gasteiger partial charge >= 0.3 is 0 Å². The van der Waals surface area contributed by atoms with Gasteiger partial charge in [0.2, 0.25) is 11.7 Å². The first kappa shape index (κ1) is 24.0. The molecule has 0 radical (unpaired) electrons. The minimum atomic E-state index is -0.333. The number of hydrogen-bond donors (Lipinski definition) is 2. The van der Waals surface area contributed by atoms with Gasteiger partial charge in [0.25, 0.3) is 5.56 Å². The van der Waals surface area contributed by atoms with E-state index in [4.69, 9.17) is 18.9 Å². The van der Waals surface area contributed by atoms with E-state index in [-0.39, 0.29) is 17.2 Å². The van der Waals surface area contributed by atoms with Gasteiger partial charge in [0.15, 0.2) is 22.3 Å². The van der Waals surface area contributed by atoms with Gasteiger partial charge in [-0.15, -0.1) is 0 Å². The lowest BCUT2D eigenvalue weighted by molar-refractivity contribution is -0.113. The lowest BCUT2D eigenvalue weighted by Crippen LogP contribution is -2.23. The zero-order chi connectivity index (χ0) is 24.9. The lowest BCUT2D eigenvalue weighted by Gasteiger charge is -2.15. The maximum absolute atomic E-state index is 13.3. The number of rotatable bonds is 9. The molecule has 11 nitrogen and oxygen atoms in total. The fourth-order valence-electron chi connectivity index (χ4n) is 3.48. The minimum Gasteiger partial charge on any atom is -0.495 e. The molecular weight excluding hydrogens is 474 g/mol. The molecule has 0 spiro atoms. The summed E-state index contributed by atoms with van der Waals surface area (Å²) in [6.45, 7) is 0. The summed E-state index contributed by atoms with van der Waals surface area (Å²) in [5.41, 5.74) is 0.960. The molecule has 182 valence electrons. The number of ether oxygens (including phenoxy) is 4. The molecule has 0 unspecified atom stereocenters. The topological polar surface area (TPSA) is 130 Å². The van der Waals surface area contributed by atoms with Crippen molar-refractivity contribution in [1.82, 2.24) is 19.7 Å². The van der Waals surface area contributed by atoms with Crippen molar-refractivity contribution < 1.29 is 23.7 Å². The van der Waals surface area contributed by atoms with E-state index in [1.165, 1.54) is 39.2 Å². The molecule has 35 heavy (non-hydrogen) atoms. The summed E-state index contributed by atoms with van der Waals surface area (Å²) in [7, 11) is 6.01. The van der Waals surface area contributed by atoms with Crippen molar-refractivity contribution in [2.75, 3.05) is 39.5 Å². The first-order chi connectivity index (χ1) is 17.0. The van der Waals surface area contributed by atoms with Gasteiger partial charge in [-0.3, -0.25) is 19.3 Å². The van der Waals surface area contributed by atoms with Gasteiger partial charge in [-0.2, -0.15) is 5.10 Å². The van der Waals surface area contributed by atoms with Crippen LogP contribution in [0.25, 0.3) is 16.7 Å². The first-order valence-corrected chi connectivity index (χ1v) is 11.3. The Morgan fingerprint density at radius 3 is 2.37 bits per heavy atom. The number of carbonyl (C=O) groups excluding carboxylic acids is 1. The van der Waals surface area contributed by atoms with Crippen LogP contribution in [0.3, 0.4) is 0 Å². The second-order valence-corrected chi connectivity index (χ2v) is 8.03. The van der Waals surface area contributed by atoms with E-state index in [9.17, 15) is 9.59 Å². The van der Waals surface area contributed by atoms with Crippen LogP contribution in [0.1, 0.15) is 0 Å². The Kier molecular flexibility index (Phi) is 7.11. The van der Waals surface area contributed by atoms with E-state index < -0.39 is 0 Å². The zero-order valence-corrected chi connectivity index (χ0v) is 20.3. The molecule has 2 N–H and O–H groups in total. The Bertz CT molecular complexity index is 1410. The molecule has 4 aromatic rings. The summed E-state index contributed by atoms with van der Waals surface area (Å²) < 4.78 is 22.8. The van der Waals surface area contributed by atoms with Crippen LogP contribution in [0, 0.1) is 0 Å². The van der Waals surface area contributed by atoms with E-state index in [2.05, 4.69) is 20.5 Å². The average Bonchev–Trinajstić information content (AvgIpc) is 3.36. The number of H-pyrrole nitrogens is 1. The molecule has 0 fully saturated rings. The number of benzene rings is 2. The summed E-state index contributed by atoms with van der Waals surface area (Å²) in [5.74, 6) is 1.37. The SMILES string of the molecule is COc1ccccc1-n1c(SCC(=O)Nc2cc(OC)c(OC)c(OC)c2)nc2[nH]ncc2c1=O. The molecule has 0 aliphatic carbocycles. The van der Waals surface area contributed by atoms with E-state index >= 15 is 0 Å². The van der Waals surface area contributed by atoms with Crippen LogP contribution in [-0.4, -0.2) is 59.8 Å². The molecule has 0 bridgehead atoms. The van der Waals surface area contributed by atoms with Gasteiger partial charge in [-0.1, -0.05) is 23.9 Å². The number of anilines is 1. The molecule has 12 heteroatoms. The third-order valence-corrected chi connectivity index (χ3v) is 6.00. The van der Waals surface area contributed by atoms with Crippen molar-refractivity contribution in [3.05, 3.63) is 52.9 Å². The summed E-state index contributed by atoms with van der Waals surface area (Å²) in [4.78, 5) is 30.6. The van der Waals surface area contributed by atoms with Gasteiger partial charge in [0.05, 0.1) is 46.1 Å². The number of hydrogen-bond acceptors (Lipinski definition) is 9. The van der Waals surface area contributed by atoms with Crippen LogP contribution in [-0.2, 0) is 4.79 Å². The first-order valence-electron chi connectivity index (χ1n) is 10.3. The normalized spacial score (nSPS) is 10.7. The molecule has 0 aliphatic heterocycles. The number of para-hydroxylation sites is 2. The summed E-state index contributed by atoms with van der Waals surface area (Å²) >= 11 is 1.10. The van der Waals surface area contributed by atoms with Gasteiger partial charge < -0.3 is 24.3 Å². The van der Waals surface area contributed by atoms with Gasteiger partial charge in [0, 0.05) is 17.8 Å². The second-order valence-electron chi connectivity index (χ2n) is 7.09. The number of thioether (sulfide) groups is 1. The molecule has 0 aliphatic rings. The quantitative estimate of drug-likeness (QED) is 0.265. The summed E-state index contributed by atoms with van der Waals surface area (Å²) in [6, 6.07) is 10.3. The van der Waals surface area contributed by atoms with E-state index in [0.29, 0.717) is 50.6 Å². The predicted molar refractivity (Wildman–Crippen MR) is 131 cm³/mol. The molecule has 1 amide bonds. The highest BCUT2D eigenvalue weighted by molar-refractivity contribution is 7.99. The maximum atomic E-state index is 13.3. The molecular formula is C23H23N5O6S. The maximum Gasteiger partial charge on any atom is 0.270 e. The molecule has 0 saturated heterocycles. The van der Waals surface area contributed by atoms with Crippen LogP contribution >= 0.6 is 11.8 Å². The van der Waals surface area contributed by atoms with Crippen LogP contribution in [0.2, 0.25) is 0 Å². The van der Waals surface area contributed by atoms with Crippen molar-refractivity contribution in [3.8, 4) is 28.7 Å². The van der Waals surface area contributed by atoms with Crippen LogP contribution < -0.4 is 29.8 Å². The van der Waals surface area contributed by atoms with Crippen molar-refractivity contribution in [3.63, 3.8) is 0 Å². The van der Waals surface area contributed by atoms with Gasteiger partial charge in [0.1, 0.15) is 11.1 Å². The van der Waals surface area contributed by atoms with E-state index in [1.54, 1.807) is 36.4 Å². The van der Waals surface area contributed by atoms with Crippen molar-refractivity contribution in [2.24, 2.45) is 0 Å². The Morgan fingerprint density at radius 1 is 1.03 bits per heavy atom. The highest BCUT2D eigenvalue weighted by Gasteiger charge is 2.19. The van der Waals surface area contributed by atoms with Crippen molar-refractivity contribution in [2.45, 2.75) is 5.16 Å². The second kappa shape index (κ2) is 10.4. The third kappa shape index (κ3) is 4.73. The molecule has 0 atom stereocenters. The van der Waals surface area contributed by atoms with Gasteiger partial charge in [-0.05, 0) is 12.1 Å². The Balaban J connectivity index is 1.64. The highest BCUT2D eigenvalue weighted by Crippen LogP contribution is 2.40. The van der Waals surface area contributed by atoms with E-state index in [0.717, 1.165) is 11.8 Å². The molecule has 2 aromatic heterocycles. The summed E-state index contributed by atoms with van der Waals surface area (Å²) in [5, 5.41) is 10.1. The fraction of sp³-hybridized carbons (Fsp3) is 0.217. The van der Waals surface area contributed by atoms with Gasteiger partial charge in [-0.25, -0.2) is 4.98 Å². The monoisotopic (exact) mass is 497 g/mol. The molecule has 2 aromatic carbocycles. The van der Waals surface area contributed by atoms with Crippen molar-refractivity contribution in [1.29, 1.82) is 0 Å². The Labute approximate surface area is 204 Å². The van der Waals surface area contributed by atoms with Crippen LogP contribution in [0.4, 0.5) is 5.69 Å². The number of carbonyl (C=O) groups is 1. The predicted octanol–water partition coefficient (Wildman–Crippen LogP) is 2.87. The van der Waals surface area contributed by atoms with Crippen LogP contribution in [0.5, 0.6) is 23.0 Å². The molecule has 2 heterocycles. The number of aromatic amines is 1. The Hall–Kier alpha value is -4.19. The largest absolute Gasteiger partial charge is 0.495 e. The number of nitrogens with one attached hydrogen (secondary N) is 2. The number of methoxy groups -OCH3 is 4. The molecule has 4 rings (SSSR count). The van der Waals surface area contributed by atoms with E-state index in [1.807, 2.05) is 0 Å². The third-order valence-electron chi connectivity index (χ3n) is 5.06. The zero-order valence-electron chi connectivity index (χ0n) is 19.4. The number of fused-ring (bicyclic) bond motifs is 1. The minimum absolute atomic E-state index is 0.0299. The van der Waals surface area contributed by atoms with Crippen LogP contribution in [0.15, 0.2) is 52.5 Å².